The van der Waals surface area contributed by atoms with Crippen molar-refractivity contribution in [2.75, 3.05) is 5.32 Å². The fourth-order valence-electron chi connectivity index (χ4n) is 2.26. The van der Waals surface area contributed by atoms with Crippen molar-refractivity contribution in [3.05, 3.63) is 39.4 Å². The summed E-state index contributed by atoms with van der Waals surface area (Å²) in [6.07, 6.45) is 3.17. The molecule has 0 aliphatic carbocycles. The van der Waals surface area contributed by atoms with Gasteiger partial charge in [0.1, 0.15) is 0 Å². The quantitative estimate of drug-likeness (QED) is 0.599. The molecule has 136 valence electrons. The van der Waals surface area contributed by atoms with E-state index in [0.717, 1.165) is 46.5 Å². The van der Waals surface area contributed by atoms with Gasteiger partial charge >= 0.3 is 6.03 Å². The molecule has 0 saturated carbocycles. The molecule has 2 rings (SSSR count). The van der Waals surface area contributed by atoms with Gasteiger partial charge in [-0.3, -0.25) is 4.72 Å². The highest BCUT2D eigenvalue weighted by molar-refractivity contribution is 7.99. The maximum atomic E-state index is 12.3. The summed E-state index contributed by atoms with van der Waals surface area (Å²) < 4.78 is 3.39. The molecule has 8 heteroatoms. The second-order valence-corrected chi connectivity index (χ2v) is 8.53. The summed E-state index contributed by atoms with van der Waals surface area (Å²) >= 11 is 8.61. The van der Waals surface area contributed by atoms with Gasteiger partial charge in [0.05, 0.1) is 10.5 Å². The summed E-state index contributed by atoms with van der Waals surface area (Å²) in [6.45, 7) is 7.45. The van der Waals surface area contributed by atoms with Gasteiger partial charge in [0.25, 0.3) is 0 Å². The van der Waals surface area contributed by atoms with E-state index in [2.05, 4.69) is 15.0 Å². The van der Waals surface area contributed by atoms with Gasteiger partial charge < -0.3 is 10.4 Å². The topological polar surface area (TPSA) is 74.2 Å². The third-order valence-corrected chi connectivity index (χ3v) is 5.98. The Balaban J connectivity index is 2.05. The molecular weight excluding hydrogens is 378 g/mol. The van der Waals surface area contributed by atoms with Crippen LogP contribution in [0.25, 0.3) is 0 Å². The summed E-state index contributed by atoms with van der Waals surface area (Å²) in [6, 6.07) is 3.43. The van der Waals surface area contributed by atoms with E-state index in [1.54, 1.807) is 20.0 Å². The Morgan fingerprint density at radius 1 is 1.32 bits per heavy atom. The van der Waals surface area contributed by atoms with Crippen LogP contribution in [0, 0.1) is 0 Å². The molecular formula is C17H22ClN3O2S2. The summed E-state index contributed by atoms with van der Waals surface area (Å²) in [4.78, 5) is 17.2. The van der Waals surface area contributed by atoms with Crippen molar-refractivity contribution in [1.29, 1.82) is 0 Å². The number of urea groups is 1. The normalized spacial score (nSPS) is 11.4. The standard InChI is InChI=1S/C17H22ClN3O2S2/c1-5-10-7-12(18)8-11(6-2)14(10)20-15(22)21-25-16-19-9-13(24-16)17(3,4)23/h7-9,23H,5-6H2,1-4H3,(H2,20,21,22). The summed E-state index contributed by atoms with van der Waals surface area (Å²) in [5, 5.41) is 13.6. The van der Waals surface area contributed by atoms with E-state index in [-0.39, 0.29) is 6.03 Å². The Hall–Kier alpha value is -1.28. The van der Waals surface area contributed by atoms with Crippen LogP contribution >= 0.6 is 34.9 Å². The predicted molar refractivity (Wildman–Crippen MR) is 106 cm³/mol. The number of benzene rings is 1. The number of anilines is 1. The summed E-state index contributed by atoms with van der Waals surface area (Å²) in [7, 11) is 0. The van der Waals surface area contributed by atoms with Crippen LogP contribution in [-0.4, -0.2) is 16.1 Å². The number of aryl methyl sites for hydroxylation is 2. The van der Waals surface area contributed by atoms with Crippen LogP contribution in [0.15, 0.2) is 22.7 Å². The first kappa shape index (κ1) is 20.0. The van der Waals surface area contributed by atoms with Crippen molar-refractivity contribution in [2.24, 2.45) is 0 Å². The zero-order valence-corrected chi connectivity index (χ0v) is 17.0. The molecule has 1 aromatic heterocycles. The highest BCUT2D eigenvalue weighted by Gasteiger charge is 2.20. The van der Waals surface area contributed by atoms with Crippen LogP contribution in [0.1, 0.15) is 43.7 Å². The number of carbonyl (C=O) groups excluding carboxylic acids is 1. The maximum Gasteiger partial charge on any atom is 0.329 e. The van der Waals surface area contributed by atoms with Crippen molar-refractivity contribution >= 4 is 46.6 Å². The molecule has 0 atom stereocenters. The van der Waals surface area contributed by atoms with Crippen LogP contribution in [-0.2, 0) is 18.4 Å². The summed E-state index contributed by atoms with van der Waals surface area (Å²) in [5.41, 5.74) is 1.88. The number of halogens is 1. The predicted octanol–water partition coefficient (Wildman–Crippen LogP) is 4.98. The van der Waals surface area contributed by atoms with Gasteiger partial charge in [-0.2, -0.15) is 0 Å². The van der Waals surface area contributed by atoms with Crippen molar-refractivity contribution < 1.29 is 9.90 Å². The number of amides is 2. The van der Waals surface area contributed by atoms with E-state index >= 15 is 0 Å². The van der Waals surface area contributed by atoms with Gasteiger partial charge in [-0.1, -0.05) is 25.4 Å². The van der Waals surface area contributed by atoms with Crippen LogP contribution in [0.4, 0.5) is 10.5 Å². The molecule has 0 saturated heterocycles. The fourth-order valence-corrected chi connectivity index (χ4v) is 4.07. The average Bonchev–Trinajstić information content (AvgIpc) is 3.03. The molecule has 2 aromatic rings. The third kappa shape index (κ3) is 5.34. The Morgan fingerprint density at radius 2 is 1.92 bits per heavy atom. The lowest BCUT2D eigenvalue weighted by atomic mass is 10.0. The van der Waals surface area contributed by atoms with Gasteiger partial charge in [0, 0.05) is 28.9 Å². The van der Waals surface area contributed by atoms with Gasteiger partial charge in [-0.05, 0) is 49.9 Å². The number of aromatic nitrogens is 1. The number of hydrogen-bond acceptors (Lipinski definition) is 5. The van der Waals surface area contributed by atoms with Crippen LogP contribution in [0.2, 0.25) is 5.02 Å². The highest BCUT2D eigenvalue weighted by Crippen LogP contribution is 2.30. The number of thiazole rings is 1. The molecule has 5 nitrogen and oxygen atoms in total. The number of nitrogens with one attached hydrogen (secondary N) is 2. The molecule has 25 heavy (non-hydrogen) atoms. The SMILES string of the molecule is CCc1cc(Cl)cc(CC)c1NC(=O)NSc1ncc(C(C)(C)O)s1. The van der Waals surface area contributed by atoms with E-state index in [1.807, 2.05) is 26.0 Å². The highest BCUT2D eigenvalue weighted by atomic mass is 35.5. The zero-order valence-electron chi connectivity index (χ0n) is 14.6. The van der Waals surface area contributed by atoms with Crippen molar-refractivity contribution in [1.82, 2.24) is 9.71 Å². The van der Waals surface area contributed by atoms with Gasteiger partial charge in [-0.25, -0.2) is 9.78 Å². The van der Waals surface area contributed by atoms with Gasteiger partial charge in [0.15, 0.2) is 4.34 Å². The molecule has 1 aromatic carbocycles. The van der Waals surface area contributed by atoms with Crippen LogP contribution in [0.3, 0.4) is 0 Å². The molecule has 0 spiro atoms. The first-order valence-electron chi connectivity index (χ1n) is 7.98. The smallest absolute Gasteiger partial charge is 0.329 e. The maximum absolute atomic E-state index is 12.3. The molecule has 0 unspecified atom stereocenters. The lowest BCUT2D eigenvalue weighted by molar-refractivity contribution is 0.0823. The minimum Gasteiger partial charge on any atom is -0.385 e. The molecule has 0 aliphatic heterocycles. The first-order valence-corrected chi connectivity index (χ1v) is 9.99. The van der Waals surface area contributed by atoms with E-state index in [4.69, 9.17) is 11.6 Å². The largest absolute Gasteiger partial charge is 0.385 e. The molecule has 0 fully saturated rings. The second-order valence-electron chi connectivity index (χ2n) is 6.01. The minimum absolute atomic E-state index is 0.322. The van der Waals surface area contributed by atoms with Crippen LogP contribution < -0.4 is 10.0 Å². The number of rotatable bonds is 6. The number of carbonyl (C=O) groups is 1. The third-order valence-electron chi connectivity index (χ3n) is 3.59. The van der Waals surface area contributed by atoms with E-state index in [1.165, 1.54) is 11.3 Å². The van der Waals surface area contributed by atoms with E-state index in [0.29, 0.717) is 9.36 Å². The minimum atomic E-state index is -0.936. The lowest BCUT2D eigenvalue weighted by Crippen LogP contribution is -2.24. The lowest BCUT2D eigenvalue weighted by Gasteiger charge is -2.15. The molecule has 1 heterocycles. The van der Waals surface area contributed by atoms with Crippen molar-refractivity contribution in [2.45, 2.75) is 50.5 Å². The summed E-state index contributed by atoms with van der Waals surface area (Å²) in [5.74, 6) is 0. The fraction of sp³-hybridized carbons (Fsp3) is 0.412. The molecule has 0 aliphatic rings. The first-order chi connectivity index (χ1) is 11.7. The molecule has 0 radical (unpaired) electrons. The Labute approximate surface area is 161 Å². The zero-order chi connectivity index (χ0) is 18.6. The van der Waals surface area contributed by atoms with E-state index in [9.17, 15) is 9.90 Å². The number of nitrogens with zero attached hydrogens (tertiary/aromatic N) is 1. The van der Waals surface area contributed by atoms with Crippen molar-refractivity contribution in [3.8, 4) is 0 Å². The molecule has 2 amide bonds. The van der Waals surface area contributed by atoms with E-state index < -0.39 is 5.60 Å². The average molecular weight is 400 g/mol. The van der Waals surface area contributed by atoms with Crippen molar-refractivity contribution in [3.63, 3.8) is 0 Å². The molecule has 0 bridgehead atoms. The number of hydrogen-bond donors (Lipinski definition) is 3. The van der Waals surface area contributed by atoms with Crippen LogP contribution in [0.5, 0.6) is 0 Å². The Kier molecular flexibility index (Phi) is 6.73. The monoisotopic (exact) mass is 399 g/mol. The van der Waals surface area contributed by atoms with Gasteiger partial charge in [-0.15, -0.1) is 11.3 Å². The second kappa shape index (κ2) is 8.40. The Morgan fingerprint density at radius 3 is 2.40 bits per heavy atom. The Bertz CT molecular complexity index is 732. The molecule has 3 N–H and O–H groups in total. The van der Waals surface area contributed by atoms with Gasteiger partial charge in [0.2, 0.25) is 0 Å². The number of aliphatic hydroxyl groups is 1.